The maximum atomic E-state index is 13.7. The second kappa shape index (κ2) is 7.55. The monoisotopic (exact) mass is 381 g/mol. The quantitative estimate of drug-likeness (QED) is 0.506. The van der Waals surface area contributed by atoms with E-state index in [1.807, 2.05) is 0 Å². The summed E-state index contributed by atoms with van der Waals surface area (Å²) in [6.45, 7) is 2.04. The molecule has 0 fully saturated rings. The molecule has 9 heteroatoms. The van der Waals surface area contributed by atoms with Crippen molar-refractivity contribution in [3.05, 3.63) is 70.4 Å². The molecule has 0 aliphatic heterocycles. The van der Waals surface area contributed by atoms with Gasteiger partial charge in [-0.05, 0) is 37.1 Å². The van der Waals surface area contributed by atoms with Gasteiger partial charge in [-0.3, -0.25) is 14.1 Å². The number of hydrogen-bond acceptors (Lipinski definition) is 7. The lowest BCUT2D eigenvalue weighted by molar-refractivity contribution is 0.363. The number of hydrogen-bond donors (Lipinski definition) is 0. The highest BCUT2D eigenvalue weighted by Gasteiger charge is 2.15. The summed E-state index contributed by atoms with van der Waals surface area (Å²) in [5.41, 5.74) is 1.65. The van der Waals surface area contributed by atoms with Gasteiger partial charge in [0, 0.05) is 24.7 Å². The summed E-state index contributed by atoms with van der Waals surface area (Å²) < 4.78 is 25.1. The van der Waals surface area contributed by atoms with Crippen molar-refractivity contribution in [3.63, 3.8) is 0 Å². The van der Waals surface area contributed by atoms with E-state index in [1.54, 1.807) is 43.5 Å². The Morgan fingerprint density at radius 3 is 2.82 bits per heavy atom. The van der Waals surface area contributed by atoms with Crippen molar-refractivity contribution in [1.82, 2.24) is 24.8 Å². The fraction of sp³-hybridized carbons (Fsp3) is 0.211. The first-order valence-electron chi connectivity index (χ1n) is 8.69. The molecule has 142 valence electrons. The minimum absolute atomic E-state index is 0.322. The molecular formula is C19H16FN5O3. The second-order valence-electron chi connectivity index (χ2n) is 6.22. The van der Waals surface area contributed by atoms with Crippen LogP contribution >= 0.6 is 0 Å². The average molecular weight is 381 g/mol. The van der Waals surface area contributed by atoms with Crippen LogP contribution in [0.15, 0.2) is 56.4 Å². The summed E-state index contributed by atoms with van der Waals surface area (Å²) >= 11 is 0. The smallest absolute Gasteiger partial charge is 0.339 e. The Labute approximate surface area is 158 Å². The zero-order valence-electron chi connectivity index (χ0n) is 15.0. The molecule has 4 rings (SSSR count). The Morgan fingerprint density at radius 1 is 1.14 bits per heavy atom. The molecule has 3 aromatic heterocycles. The summed E-state index contributed by atoms with van der Waals surface area (Å²) in [6, 6.07) is 10.1. The van der Waals surface area contributed by atoms with E-state index in [4.69, 9.17) is 9.05 Å². The van der Waals surface area contributed by atoms with Crippen LogP contribution in [-0.4, -0.2) is 24.8 Å². The molecule has 28 heavy (non-hydrogen) atoms. The van der Waals surface area contributed by atoms with Crippen LogP contribution < -0.4 is 5.76 Å². The summed E-state index contributed by atoms with van der Waals surface area (Å²) in [5.74, 6) is 0.219. The molecule has 0 spiro atoms. The van der Waals surface area contributed by atoms with Crippen molar-refractivity contribution >= 4 is 0 Å². The van der Waals surface area contributed by atoms with Crippen molar-refractivity contribution in [3.8, 4) is 22.9 Å². The van der Waals surface area contributed by atoms with Crippen LogP contribution in [0.3, 0.4) is 0 Å². The molecule has 4 aromatic rings. The largest absolute Gasteiger partial charge is 0.441 e. The van der Waals surface area contributed by atoms with Gasteiger partial charge in [0.2, 0.25) is 17.5 Å². The van der Waals surface area contributed by atoms with Gasteiger partial charge in [0.05, 0.1) is 0 Å². The molecule has 0 N–H and O–H groups in total. The Kier molecular flexibility index (Phi) is 4.79. The highest BCUT2D eigenvalue weighted by Crippen LogP contribution is 2.19. The van der Waals surface area contributed by atoms with E-state index < -0.39 is 5.76 Å². The van der Waals surface area contributed by atoms with Gasteiger partial charge in [0.1, 0.15) is 11.5 Å². The maximum absolute atomic E-state index is 13.7. The third kappa shape index (κ3) is 3.59. The van der Waals surface area contributed by atoms with Gasteiger partial charge in [0.25, 0.3) is 0 Å². The van der Waals surface area contributed by atoms with Crippen molar-refractivity contribution in [1.29, 1.82) is 0 Å². The molecule has 0 amide bonds. The summed E-state index contributed by atoms with van der Waals surface area (Å²) in [4.78, 5) is 20.4. The molecule has 0 bridgehead atoms. The van der Waals surface area contributed by atoms with Crippen molar-refractivity contribution in [2.45, 2.75) is 26.3 Å². The highest BCUT2D eigenvalue weighted by atomic mass is 19.1. The SMILES string of the molecule is Cc1ccc(-c2noc(CCCn3c(-c4ccccn4)noc3=O)n2)cc1F. The number of aromatic nitrogens is 5. The summed E-state index contributed by atoms with van der Waals surface area (Å²) in [5, 5.41) is 7.69. The Hall–Kier alpha value is -3.62. The molecule has 0 saturated heterocycles. The second-order valence-corrected chi connectivity index (χ2v) is 6.22. The van der Waals surface area contributed by atoms with Gasteiger partial charge >= 0.3 is 5.76 Å². The average Bonchev–Trinajstić information content (AvgIpc) is 3.32. The topological polar surface area (TPSA) is 99.8 Å². The van der Waals surface area contributed by atoms with Gasteiger partial charge in [0.15, 0.2) is 0 Å². The van der Waals surface area contributed by atoms with Gasteiger partial charge in [-0.15, -0.1) is 0 Å². The molecular weight excluding hydrogens is 365 g/mol. The first kappa shape index (κ1) is 17.8. The minimum atomic E-state index is -0.554. The van der Waals surface area contributed by atoms with E-state index in [1.165, 1.54) is 10.6 Å². The summed E-state index contributed by atoms with van der Waals surface area (Å²) in [7, 11) is 0. The summed E-state index contributed by atoms with van der Waals surface area (Å²) in [6.07, 6.45) is 2.61. The van der Waals surface area contributed by atoms with Crippen LogP contribution in [0.5, 0.6) is 0 Å². The molecule has 0 atom stereocenters. The maximum Gasteiger partial charge on any atom is 0.441 e. The molecule has 3 heterocycles. The van der Waals surface area contributed by atoms with Crippen LogP contribution in [0.1, 0.15) is 17.9 Å². The van der Waals surface area contributed by atoms with Crippen LogP contribution in [-0.2, 0) is 13.0 Å². The van der Waals surface area contributed by atoms with E-state index in [2.05, 4.69) is 20.3 Å². The van der Waals surface area contributed by atoms with Crippen molar-refractivity contribution in [2.24, 2.45) is 0 Å². The van der Waals surface area contributed by atoms with Crippen LogP contribution in [0, 0.1) is 12.7 Å². The molecule has 0 aliphatic carbocycles. The third-order valence-corrected chi connectivity index (χ3v) is 4.25. The number of aryl methyl sites for hydroxylation is 2. The highest BCUT2D eigenvalue weighted by molar-refractivity contribution is 5.54. The van der Waals surface area contributed by atoms with E-state index in [0.29, 0.717) is 53.7 Å². The van der Waals surface area contributed by atoms with Crippen molar-refractivity contribution in [2.75, 3.05) is 0 Å². The van der Waals surface area contributed by atoms with Gasteiger partial charge in [-0.2, -0.15) is 4.98 Å². The number of pyridine rings is 1. The molecule has 0 unspecified atom stereocenters. The van der Waals surface area contributed by atoms with Crippen molar-refractivity contribution < 1.29 is 13.4 Å². The zero-order chi connectivity index (χ0) is 19.5. The van der Waals surface area contributed by atoms with Crippen LogP contribution in [0.25, 0.3) is 22.9 Å². The predicted molar refractivity (Wildman–Crippen MR) is 96.7 cm³/mol. The zero-order valence-corrected chi connectivity index (χ0v) is 15.0. The first-order valence-corrected chi connectivity index (χ1v) is 8.69. The molecule has 0 radical (unpaired) electrons. The number of nitrogens with zero attached hydrogens (tertiary/aromatic N) is 5. The van der Waals surface area contributed by atoms with E-state index >= 15 is 0 Å². The van der Waals surface area contributed by atoms with Crippen LogP contribution in [0.4, 0.5) is 4.39 Å². The Bertz CT molecular complexity index is 1150. The molecule has 1 aromatic carbocycles. The fourth-order valence-electron chi connectivity index (χ4n) is 2.74. The fourth-order valence-corrected chi connectivity index (χ4v) is 2.74. The molecule has 0 saturated carbocycles. The predicted octanol–water partition coefficient (Wildman–Crippen LogP) is 3.03. The molecule has 8 nitrogen and oxygen atoms in total. The third-order valence-electron chi connectivity index (χ3n) is 4.25. The van der Waals surface area contributed by atoms with Gasteiger partial charge in [-0.25, -0.2) is 9.18 Å². The number of halogens is 1. The lowest BCUT2D eigenvalue weighted by atomic mass is 10.1. The Morgan fingerprint density at radius 2 is 2.04 bits per heavy atom. The van der Waals surface area contributed by atoms with E-state index in [9.17, 15) is 9.18 Å². The lowest BCUT2D eigenvalue weighted by Crippen LogP contribution is -2.16. The van der Waals surface area contributed by atoms with E-state index in [0.717, 1.165) is 0 Å². The van der Waals surface area contributed by atoms with E-state index in [-0.39, 0.29) is 5.82 Å². The number of rotatable bonds is 6. The van der Waals surface area contributed by atoms with Gasteiger partial charge in [-0.1, -0.05) is 28.5 Å². The van der Waals surface area contributed by atoms with Gasteiger partial charge < -0.3 is 4.52 Å². The molecule has 0 aliphatic rings. The normalized spacial score (nSPS) is 11.1. The minimum Gasteiger partial charge on any atom is -0.339 e. The lowest BCUT2D eigenvalue weighted by Gasteiger charge is -2.02. The van der Waals surface area contributed by atoms with Crippen LogP contribution in [0.2, 0.25) is 0 Å². The standard InChI is InChI=1S/C19H16FN5O3/c1-12-7-8-13(11-14(12)20)17-22-16(27-23-17)6-4-10-25-18(24-28-19(25)26)15-5-2-3-9-21-15/h2-3,5,7-9,11H,4,6,10H2,1H3. The first-order chi connectivity index (χ1) is 13.6. The Balaban J connectivity index is 1.44. The number of benzene rings is 1.